The number of likely N-dealkylation sites (tertiary alicyclic amines) is 1. The van der Waals surface area contributed by atoms with E-state index in [1.54, 1.807) is 24.5 Å². The van der Waals surface area contributed by atoms with E-state index >= 15 is 0 Å². The highest BCUT2D eigenvalue weighted by Gasteiger charge is 2.30. The lowest BCUT2D eigenvalue weighted by molar-refractivity contribution is -0.384. The molecule has 0 aliphatic carbocycles. The summed E-state index contributed by atoms with van der Waals surface area (Å²) in [6.07, 6.45) is 7.52. The zero-order chi connectivity index (χ0) is 18.0. The van der Waals surface area contributed by atoms with Crippen LogP contribution in [-0.4, -0.2) is 42.6 Å². The number of piperidine rings is 1. The Hall–Kier alpha value is -2.77. The van der Waals surface area contributed by atoms with Crippen LogP contribution < -0.4 is 0 Å². The van der Waals surface area contributed by atoms with Crippen molar-refractivity contribution in [2.24, 2.45) is 0 Å². The Morgan fingerprint density at radius 3 is 2.52 bits per heavy atom. The first-order chi connectivity index (χ1) is 12.0. The molecule has 1 aliphatic rings. The van der Waals surface area contributed by atoms with Crippen molar-refractivity contribution in [2.75, 3.05) is 0 Å². The number of hydrogen-bond donors (Lipinski definition) is 0. The van der Waals surface area contributed by atoms with Crippen LogP contribution in [0.1, 0.15) is 33.1 Å². The smallest absolute Gasteiger partial charge is 0.314 e. The van der Waals surface area contributed by atoms with E-state index in [1.165, 1.54) is 10.9 Å². The molecule has 0 N–H and O–H groups in total. The third-order valence-electron chi connectivity index (χ3n) is 4.67. The van der Waals surface area contributed by atoms with Crippen LogP contribution in [0, 0.1) is 10.1 Å². The molecule has 3 rings (SSSR count). The number of hydrogen-bond acceptors (Lipinski definition) is 5. The lowest BCUT2D eigenvalue weighted by Gasteiger charge is -2.39. The number of nitrogens with zero attached hydrogens (tertiary/aromatic N) is 5. The van der Waals surface area contributed by atoms with Crippen LogP contribution in [0.15, 0.2) is 30.7 Å². The van der Waals surface area contributed by atoms with Crippen molar-refractivity contribution in [3.8, 4) is 11.3 Å². The molecule has 0 radical (unpaired) electrons. The summed E-state index contributed by atoms with van der Waals surface area (Å²) in [6.45, 7) is 4.09. The van der Waals surface area contributed by atoms with E-state index in [9.17, 15) is 14.9 Å². The standard InChI is InChI=1S/C17H21N5O3/c1-12-4-3-5-13(2)21(12)16(23)11-20-10-15(22(24)25)17(19-20)14-6-8-18-9-7-14/h6-10,12-13H,3-5,11H2,1-2H3. The van der Waals surface area contributed by atoms with E-state index < -0.39 is 4.92 Å². The molecule has 2 aromatic heterocycles. The average Bonchev–Trinajstić information content (AvgIpc) is 2.99. The summed E-state index contributed by atoms with van der Waals surface area (Å²) in [4.78, 5) is 29.4. The molecule has 25 heavy (non-hydrogen) atoms. The van der Waals surface area contributed by atoms with E-state index in [0.717, 1.165) is 19.3 Å². The fraction of sp³-hybridized carbons (Fsp3) is 0.471. The van der Waals surface area contributed by atoms with Gasteiger partial charge in [-0.25, -0.2) is 0 Å². The van der Waals surface area contributed by atoms with Crippen LogP contribution in [-0.2, 0) is 11.3 Å². The van der Waals surface area contributed by atoms with Gasteiger partial charge in [0.2, 0.25) is 5.91 Å². The molecule has 1 fully saturated rings. The van der Waals surface area contributed by atoms with Crippen molar-refractivity contribution in [2.45, 2.75) is 51.7 Å². The first kappa shape index (κ1) is 17.1. The van der Waals surface area contributed by atoms with Gasteiger partial charge in [-0.15, -0.1) is 0 Å². The average molecular weight is 343 g/mol. The zero-order valence-corrected chi connectivity index (χ0v) is 14.3. The monoisotopic (exact) mass is 343 g/mol. The predicted octanol–water partition coefficient (Wildman–Crippen LogP) is 2.64. The molecule has 0 saturated carbocycles. The number of nitro groups is 1. The van der Waals surface area contributed by atoms with Crippen molar-refractivity contribution >= 4 is 11.6 Å². The molecule has 0 aromatic carbocycles. The summed E-state index contributed by atoms with van der Waals surface area (Å²) in [5.41, 5.74) is 0.742. The molecule has 8 heteroatoms. The number of aromatic nitrogens is 3. The van der Waals surface area contributed by atoms with E-state index in [1.807, 2.05) is 18.7 Å². The molecule has 0 bridgehead atoms. The second kappa shape index (κ2) is 7.00. The lowest BCUT2D eigenvalue weighted by Crippen LogP contribution is -2.48. The molecule has 0 spiro atoms. The largest absolute Gasteiger partial charge is 0.336 e. The van der Waals surface area contributed by atoms with Crippen LogP contribution in [0.25, 0.3) is 11.3 Å². The van der Waals surface area contributed by atoms with Crippen LogP contribution in [0.4, 0.5) is 5.69 Å². The summed E-state index contributed by atoms with van der Waals surface area (Å²) in [6, 6.07) is 3.69. The zero-order valence-electron chi connectivity index (χ0n) is 14.3. The summed E-state index contributed by atoms with van der Waals surface area (Å²) in [5.74, 6) is -0.0571. The summed E-state index contributed by atoms with van der Waals surface area (Å²) in [7, 11) is 0. The van der Waals surface area contributed by atoms with Gasteiger partial charge in [-0.05, 0) is 45.2 Å². The number of amides is 1. The van der Waals surface area contributed by atoms with Gasteiger partial charge in [-0.2, -0.15) is 5.10 Å². The van der Waals surface area contributed by atoms with Crippen molar-refractivity contribution in [3.05, 3.63) is 40.8 Å². The van der Waals surface area contributed by atoms with E-state index in [-0.39, 0.29) is 35.9 Å². The van der Waals surface area contributed by atoms with Gasteiger partial charge in [0, 0.05) is 30.0 Å². The Bertz CT molecular complexity index is 764. The van der Waals surface area contributed by atoms with Gasteiger partial charge >= 0.3 is 5.69 Å². The van der Waals surface area contributed by atoms with E-state index in [4.69, 9.17) is 0 Å². The minimum absolute atomic E-state index is 0.000599. The molecule has 1 amide bonds. The van der Waals surface area contributed by atoms with Crippen LogP contribution in [0.3, 0.4) is 0 Å². The third kappa shape index (κ3) is 3.52. The fourth-order valence-corrected chi connectivity index (χ4v) is 3.47. The quantitative estimate of drug-likeness (QED) is 0.628. The molecular formula is C17H21N5O3. The summed E-state index contributed by atoms with van der Waals surface area (Å²) in [5, 5.41) is 15.6. The Labute approximate surface area is 145 Å². The van der Waals surface area contributed by atoms with Gasteiger partial charge in [0.1, 0.15) is 12.7 Å². The highest BCUT2D eigenvalue weighted by Crippen LogP contribution is 2.28. The Morgan fingerprint density at radius 2 is 1.92 bits per heavy atom. The van der Waals surface area contributed by atoms with Crippen molar-refractivity contribution in [3.63, 3.8) is 0 Å². The first-order valence-electron chi connectivity index (χ1n) is 8.40. The summed E-state index contributed by atoms with van der Waals surface area (Å²) >= 11 is 0. The normalized spacial score (nSPS) is 20.5. The molecule has 2 unspecified atom stereocenters. The van der Waals surface area contributed by atoms with Crippen LogP contribution in [0.2, 0.25) is 0 Å². The van der Waals surface area contributed by atoms with Gasteiger partial charge in [-0.3, -0.25) is 24.6 Å². The third-order valence-corrected chi connectivity index (χ3v) is 4.67. The van der Waals surface area contributed by atoms with E-state index in [0.29, 0.717) is 5.56 Å². The Kier molecular flexibility index (Phi) is 4.78. The highest BCUT2D eigenvalue weighted by atomic mass is 16.6. The lowest BCUT2D eigenvalue weighted by atomic mass is 9.97. The topological polar surface area (TPSA) is 94.2 Å². The van der Waals surface area contributed by atoms with Crippen LogP contribution in [0.5, 0.6) is 0 Å². The van der Waals surface area contributed by atoms with Crippen molar-refractivity contribution < 1.29 is 9.72 Å². The fourth-order valence-electron chi connectivity index (χ4n) is 3.47. The van der Waals surface area contributed by atoms with Gasteiger partial charge in [0.15, 0.2) is 5.69 Å². The van der Waals surface area contributed by atoms with Gasteiger partial charge in [0.25, 0.3) is 0 Å². The maximum atomic E-state index is 12.7. The minimum atomic E-state index is -0.476. The maximum absolute atomic E-state index is 12.7. The maximum Gasteiger partial charge on any atom is 0.314 e. The van der Waals surface area contributed by atoms with Gasteiger partial charge < -0.3 is 4.90 Å². The van der Waals surface area contributed by atoms with E-state index in [2.05, 4.69) is 10.1 Å². The Balaban J connectivity index is 1.86. The molecule has 1 aliphatic heterocycles. The number of carbonyl (C=O) groups excluding carboxylic acids is 1. The SMILES string of the molecule is CC1CCCC(C)N1C(=O)Cn1cc([N+](=O)[O-])c(-c2ccncc2)n1. The second-order valence-corrected chi connectivity index (χ2v) is 6.48. The second-order valence-electron chi connectivity index (χ2n) is 6.48. The highest BCUT2D eigenvalue weighted by molar-refractivity contribution is 5.77. The number of carbonyl (C=O) groups is 1. The molecule has 2 aromatic rings. The number of pyridine rings is 1. The molecule has 1 saturated heterocycles. The molecule has 8 nitrogen and oxygen atoms in total. The van der Waals surface area contributed by atoms with Gasteiger partial charge in [0.05, 0.1) is 4.92 Å². The first-order valence-corrected chi connectivity index (χ1v) is 8.40. The van der Waals surface area contributed by atoms with Crippen molar-refractivity contribution in [1.82, 2.24) is 19.7 Å². The van der Waals surface area contributed by atoms with Gasteiger partial charge in [-0.1, -0.05) is 0 Å². The number of rotatable bonds is 4. The van der Waals surface area contributed by atoms with Crippen molar-refractivity contribution in [1.29, 1.82) is 0 Å². The minimum Gasteiger partial charge on any atom is -0.336 e. The molecular weight excluding hydrogens is 322 g/mol. The van der Waals surface area contributed by atoms with Crippen LogP contribution >= 0.6 is 0 Å². The molecule has 2 atom stereocenters. The molecule has 132 valence electrons. The Morgan fingerprint density at radius 1 is 1.28 bits per heavy atom. The summed E-state index contributed by atoms with van der Waals surface area (Å²) < 4.78 is 1.37. The molecule has 3 heterocycles. The predicted molar refractivity (Wildman–Crippen MR) is 91.7 cm³/mol.